The van der Waals surface area contributed by atoms with Gasteiger partial charge in [-0.3, -0.25) is 9.13 Å². The molecule has 1 aromatic carbocycles. The summed E-state index contributed by atoms with van der Waals surface area (Å²) in [6.07, 6.45) is 0. The predicted molar refractivity (Wildman–Crippen MR) is 66.5 cm³/mol. The average molecular weight is 398 g/mol. The van der Waals surface area contributed by atoms with Gasteiger partial charge in [0.2, 0.25) is 0 Å². The van der Waals surface area contributed by atoms with Gasteiger partial charge in [0, 0.05) is 14.2 Å². The minimum Gasteiger partial charge on any atom is -0.746 e. The van der Waals surface area contributed by atoms with E-state index < -0.39 is 27.6 Å². The average Bonchev–Trinajstić information content (AvgIpc) is 2.46. The quantitative estimate of drug-likeness (QED) is 0.335. The summed E-state index contributed by atoms with van der Waals surface area (Å²) < 4.78 is 38.0. The van der Waals surface area contributed by atoms with E-state index >= 15 is 0 Å². The molecule has 0 aliphatic heterocycles. The fourth-order valence-electron chi connectivity index (χ4n) is 1.13. The number of phosphoric acid groups is 2. The van der Waals surface area contributed by atoms with Crippen LogP contribution in [-0.4, -0.2) is 26.2 Å². The number of carbonyl (C=O) groups excluding carboxylic acids is 2. The van der Waals surface area contributed by atoms with Crippen molar-refractivity contribution in [2.24, 2.45) is 0 Å². The molecule has 24 heavy (non-hydrogen) atoms. The molecule has 0 N–H and O–H groups in total. The topological polar surface area (TPSA) is 151 Å². The Morgan fingerprint density at radius 2 is 1.04 bits per heavy atom. The molecule has 0 aromatic heterocycles. The Morgan fingerprint density at radius 1 is 0.792 bits per heavy atom. The molecule has 2 atom stereocenters. The normalized spacial score (nSPS) is 14.8. The van der Waals surface area contributed by atoms with Crippen molar-refractivity contribution in [3.8, 4) is 0 Å². The summed E-state index contributed by atoms with van der Waals surface area (Å²) in [5.41, 5.74) is -0.413. The largest absolute Gasteiger partial charge is 1.00 e. The minimum absolute atomic E-state index is 0. The first-order chi connectivity index (χ1) is 10.1. The molecular formula is C10H10Na2O10P2. The second kappa shape index (κ2) is 11.2. The van der Waals surface area contributed by atoms with E-state index in [1.54, 1.807) is 0 Å². The zero-order valence-electron chi connectivity index (χ0n) is 13.3. The molecule has 0 bridgehead atoms. The van der Waals surface area contributed by atoms with Crippen molar-refractivity contribution in [2.45, 2.75) is 0 Å². The van der Waals surface area contributed by atoms with Crippen molar-refractivity contribution in [2.75, 3.05) is 14.2 Å². The van der Waals surface area contributed by atoms with Gasteiger partial charge < -0.3 is 27.9 Å². The SMILES string of the molecule is COP(=O)([O-])OC(=O)c1ccc(C(=O)OP(=O)([O-])OC)cc1.[Na+].[Na+]. The summed E-state index contributed by atoms with van der Waals surface area (Å²) in [5.74, 6) is -2.46. The maximum absolute atomic E-state index is 11.5. The molecule has 0 amide bonds. The molecule has 14 heteroatoms. The molecule has 0 aliphatic rings. The Kier molecular flexibility index (Phi) is 12.5. The van der Waals surface area contributed by atoms with Gasteiger partial charge in [-0.05, 0) is 24.3 Å². The van der Waals surface area contributed by atoms with E-state index in [0.717, 1.165) is 38.5 Å². The molecule has 0 saturated heterocycles. The van der Waals surface area contributed by atoms with Gasteiger partial charge >= 0.3 is 86.7 Å². The van der Waals surface area contributed by atoms with Crippen LogP contribution >= 0.6 is 15.6 Å². The van der Waals surface area contributed by atoms with Gasteiger partial charge in [0.15, 0.2) is 0 Å². The van der Waals surface area contributed by atoms with E-state index in [9.17, 15) is 28.5 Å². The Hall–Kier alpha value is 0.460. The van der Waals surface area contributed by atoms with E-state index in [4.69, 9.17) is 0 Å². The zero-order valence-corrected chi connectivity index (χ0v) is 19.1. The van der Waals surface area contributed by atoms with Crippen LogP contribution in [0.15, 0.2) is 24.3 Å². The standard InChI is InChI=1S/C10H12O10P2.2Na/c1-17-21(13,14)19-9(11)7-3-5-8(6-4-7)10(12)20-22(15,16)18-2;;/h3-6H,1-2H3,(H,13,14)(H,15,16);;/q;2*+1/p-2. The van der Waals surface area contributed by atoms with Crippen LogP contribution in [0.3, 0.4) is 0 Å². The Labute approximate surface area is 181 Å². The van der Waals surface area contributed by atoms with E-state index in [2.05, 4.69) is 18.1 Å². The van der Waals surface area contributed by atoms with Gasteiger partial charge in [0.05, 0.1) is 11.1 Å². The second-order valence-electron chi connectivity index (χ2n) is 3.59. The third-order valence-electron chi connectivity index (χ3n) is 2.19. The molecular weight excluding hydrogens is 388 g/mol. The first-order valence-electron chi connectivity index (χ1n) is 5.41. The number of phosphoric ester groups is 2. The molecule has 2 unspecified atom stereocenters. The maximum atomic E-state index is 11.5. The fourth-order valence-corrected chi connectivity index (χ4v) is 1.89. The van der Waals surface area contributed by atoms with Crippen LogP contribution in [0, 0.1) is 0 Å². The van der Waals surface area contributed by atoms with E-state index in [1.165, 1.54) is 0 Å². The van der Waals surface area contributed by atoms with Crippen molar-refractivity contribution in [1.82, 2.24) is 0 Å². The Bertz CT molecular complexity index is 605. The molecule has 0 radical (unpaired) electrons. The van der Waals surface area contributed by atoms with Crippen LogP contribution in [0.5, 0.6) is 0 Å². The molecule has 0 aliphatic carbocycles. The predicted octanol–water partition coefficient (Wildman–Crippen LogP) is -5.76. The number of hydrogen-bond donors (Lipinski definition) is 0. The van der Waals surface area contributed by atoms with Crippen molar-refractivity contribution in [3.63, 3.8) is 0 Å². The van der Waals surface area contributed by atoms with Crippen molar-refractivity contribution >= 4 is 27.6 Å². The summed E-state index contributed by atoms with van der Waals surface area (Å²) in [7, 11) is -7.85. The van der Waals surface area contributed by atoms with E-state index in [1.807, 2.05) is 0 Å². The Balaban J connectivity index is 0. The number of carbonyl (C=O) groups is 2. The third-order valence-corrected chi connectivity index (χ3v) is 3.87. The molecule has 0 saturated carbocycles. The van der Waals surface area contributed by atoms with Crippen LogP contribution in [0.4, 0.5) is 0 Å². The number of hydrogen-bond acceptors (Lipinski definition) is 10. The molecule has 10 nitrogen and oxygen atoms in total. The molecule has 1 aromatic rings. The fraction of sp³-hybridized carbons (Fsp3) is 0.200. The van der Waals surface area contributed by atoms with Crippen molar-refractivity contribution in [1.29, 1.82) is 0 Å². The van der Waals surface area contributed by atoms with Crippen LogP contribution in [0.2, 0.25) is 0 Å². The minimum atomic E-state index is -4.74. The molecule has 1 rings (SSSR count). The molecule has 0 spiro atoms. The summed E-state index contributed by atoms with van der Waals surface area (Å²) in [6, 6.07) is 4.16. The number of benzene rings is 1. The number of rotatable bonds is 6. The summed E-state index contributed by atoms with van der Waals surface area (Å²) in [6.45, 7) is 0. The monoisotopic (exact) mass is 398 g/mol. The van der Waals surface area contributed by atoms with Gasteiger partial charge in [-0.1, -0.05) is 0 Å². The first-order valence-corrected chi connectivity index (χ1v) is 8.34. The first kappa shape index (κ1) is 26.7. The van der Waals surface area contributed by atoms with Gasteiger partial charge in [-0.15, -0.1) is 0 Å². The molecule has 0 fully saturated rings. The van der Waals surface area contributed by atoms with Gasteiger partial charge in [0.25, 0.3) is 0 Å². The summed E-state index contributed by atoms with van der Waals surface area (Å²) in [5, 5.41) is 0. The molecule has 122 valence electrons. The van der Waals surface area contributed by atoms with Crippen LogP contribution in [0.1, 0.15) is 20.7 Å². The van der Waals surface area contributed by atoms with Crippen molar-refractivity contribution in [3.05, 3.63) is 35.4 Å². The van der Waals surface area contributed by atoms with Crippen LogP contribution in [-0.2, 0) is 27.2 Å². The van der Waals surface area contributed by atoms with E-state index in [0.29, 0.717) is 0 Å². The molecule has 0 heterocycles. The van der Waals surface area contributed by atoms with Gasteiger partial charge in [0.1, 0.15) is 0 Å². The summed E-state index contributed by atoms with van der Waals surface area (Å²) in [4.78, 5) is 44.9. The Morgan fingerprint density at radius 3 is 1.25 bits per heavy atom. The van der Waals surface area contributed by atoms with E-state index in [-0.39, 0.29) is 70.2 Å². The van der Waals surface area contributed by atoms with Crippen molar-refractivity contribution < 1.29 is 106 Å². The van der Waals surface area contributed by atoms with Gasteiger partial charge in [-0.25, -0.2) is 9.59 Å². The van der Waals surface area contributed by atoms with Crippen LogP contribution < -0.4 is 68.9 Å². The zero-order chi connectivity index (χ0) is 17.0. The van der Waals surface area contributed by atoms with Crippen LogP contribution in [0.25, 0.3) is 0 Å². The van der Waals surface area contributed by atoms with Gasteiger partial charge in [-0.2, -0.15) is 0 Å². The third kappa shape index (κ3) is 8.71. The smallest absolute Gasteiger partial charge is 0.746 e. The second-order valence-corrected chi connectivity index (χ2v) is 6.48. The maximum Gasteiger partial charge on any atom is 1.00 e. The summed E-state index contributed by atoms with van der Waals surface area (Å²) >= 11 is 0.